The highest BCUT2D eigenvalue weighted by molar-refractivity contribution is 8.16. The van der Waals surface area contributed by atoms with Crippen LogP contribution >= 0.6 is 11.8 Å². The molecule has 8 nitrogen and oxygen atoms in total. The van der Waals surface area contributed by atoms with Crippen LogP contribution in [0.5, 0.6) is 11.5 Å². The largest absolute Gasteiger partial charge is 0.463 e. The maximum absolute atomic E-state index is 13.1. The molecule has 1 amide bonds. The molecule has 0 aromatic heterocycles. The molecule has 0 bridgehead atoms. The number of allylic oxidation sites excluding steroid dienone is 1. The number of benzene rings is 2. The minimum absolute atomic E-state index is 0.135. The topological polar surface area (TPSA) is 89.5 Å². The number of esters is 1. The first-order valence-corrected chi connectivity index (χ1v) is 12.6. The summed E-state index contributed by atoms with van der Waals surface area (Å²) in [6.07, 6.45) is 0.140. The minimum atomic E-state index is -0.524. The van der Waals surface area contributed by atoms with Crippen molar-refractivity contribution < 1.29 is 23.8 Å². The third-order valence-electron chi connectivity index (χ3n) is 5.62. The lowest BCUT2D eigenvalue weighted by atomic mass is 9.93. The van der Waals surface area contributed by atoms with Crippen LogP contribution in [0.2, 0.25) is 0 Å². The van der Waals surface area contributed by atoms with Gasteiger partial charge in [-0.1, -0.05) is 42.1 Å². The number of aliphatic imine (C=N–C) groups is 1. The number of methoxy groups -OCH3 is 1. The summed E-state index contributed by atoms with van der Waals surface area (Å²) in [6, 6.07) is 16.6. The van der Waals surface area contributed by atoms with Crippen molar-refractivity contribution in [2.24, 2.45) is 4.99 Å². The Labute approximate surface area is 215 Å². The molecule has 188 valence electrons. The fourth-order valence-corrected chi connectivity index (χ4v) is 5.01. The van der Waals surface area contributed by atoms with Gasteiger partial charge in [-0.3, -0.25) is 4.79 Å². The Morgan fingerprint density at radius 1 is 1.11 bits per heavy atom. The van der Waals surface area contributed by atoms with Crippen molar-refractivity contribution in [1.82, 2.24) is 10.2 Å². The predicted molar refractivity (Wildman–Crippen MR) is 139 cm³/mol. The molecule has 0 fully saturated rings. The van der Waals surface area contributed by atoms with E-state index >= 15 is 0 Å². The quantitative estimate of drug-likeness (QED) is 0.366. The second-order valence-corrected chi connectivity index (χ2v) is 8.96. The lowest BCUT2D eigenvalue weighted by Crippen LogP contribution is -2.38. The minimum Gasteiger partial charge on any atom is -0.463 e. The SMILES string of the molecule is CCOC(=O)C1=C(C)N=C2SC=C(CC(=O)NCCOC)N2C1c1cccc(Oc2ccccc2)c1. The number of nitrogens with one attached hydrogen (secondary N) is 1. The normalized spacial score (nSPS) is 16.8. The second-order valence-electron chi connectivity index (χ2n) is 8.12. The van der Waals surface area contributed by atoms with Crippen molar-refractivity contribution >= 4 is 28.8 Å². The third kappa shape index (κ3) is 5.80. The van der Waals surface area contributed by atoms with Gasteiger partial charge >= 0.3 is 5.97 Å². The van der Waals surface area contributed by atoms with Crippen molar-refractivity contribution in [3.8, 4) is 11.5 Å². The molecule has 2 aromatic rings. The molecule has 1 N–H and O–H groups in total. The molecule has 1 atom stereocenters. The number of ether oxygens (including phenoxy) is 3. The highest BCUT2D eigenvalue weighted by Gasteiger charge is 2.41. The lowest BCUT2D eigenvalue weighted by molar-refractivity contribution is -0.139. The van der Waals surface area contributed by atoms with Gasteiger partial charge in [0.15, 0.2) is 5.17 Å². The van der Waals surface area contributed by atoms with Gasteiger partial charge in [-0.2, -0.15) is 0 Å². The number of rotatable bonds is 10. The first kappa shape index (κ1) is 25.5. The van der Waals surface area contributed by atoms with Crippen LogP contribution in [0.1, 0.15) is 31.9 Å². The van der Waals surface area contributed by atoms with Crippen LogP contribution in [0, 0.1) is 0 Å². The van der Waals surface area contributed by atoms with E-state index in [-0.39, 0.29) is 18.9 Å². The van der Waals surface area contributed by atoms with Crippen LogP contribution in [0.3, 0.4) is 0 Å². The highest BCUT2D eigenvalue weighted by atomic mass is 32.2. The van der Waals surface area contributed by atoms with Gasteiger partial charge in [-0.25, -0.2) is 9.79 Å². The van der Waals surface area contributed by atoms with Crippen LogP contribution in [0.25, 0.3) is 0 Å². The van der Waals surface area contributed by atoms with Crippen molar-refractivity contribution in [2.45, 2.75) is 26.3 Å². The molecule has 2 aromatic carbocycles. The monoisotopic (exact) mass is 507 g/mol. The van der Waals surface area contributed by atoms with E-state index < -0.39 is 12.0 Å². The Bertz CT molecular complexity index is 1210. The molecule has 9 heteroatoms. The highest BCUT2D eigenvalue weighted by Crippen LogP contribution is 2.45. The molecule has 0 saturated heterocycles. The Balaban J connectivity index is 1.69. The summed E-state index contributed by atoms with van der Waals surface area (Å²) in [7, 11) is 1.59. The second kappa shape index (κ2) is 11.9. The molecule has 36 heavy (non-hydrogen) atoms. The summed E-state index contributed by atoms with van der Waals surface area (Å²) in [5, 5.41) is 5.47. The number of amides is 1. The van der Waals surface area contributed by atoms with Crippen LogP contribution in [0.15, 0.2) is 82.0 Å². The van der Waals surface area contributed by atoms with E-state index in [1.807, 2.05) is 71.8 Å². The molecule has 0 saturated carbocycles. The molecule has 0 radical (unpaired) electrons. The third-order valence-corrected chi connectivity index (χ3v) is 6.51. The molecular weight excluding hydrogens is 478 g/mol. The maximum Gasteiger partial charge on any atom is 0.338 e. The molecule has 2 aliphatic heterocycles. The average Bonchev–Trinajstić information content (AvgIpc) is 3.26. The molecule has 0 spiro atoms. The molecule has 2 heterocycles. The van der Waals surface area contributed by atoms with Crippen molar-refractivity contribution in [1.29, 1.82) is 0 Å². The van der Waals surface area contributed by atoms with Gasteiger partial charge in [0.05, 0.1) is 36.9 Å². The van der Waals surface area contributed by atoms with Crippen molar-refractivity contribution in [3.63, 3.8) is 0 Å². The predicted octanol–water partition coefficient (Wildman–Crippen LogP) is 4.77. The standard InChI is InChI=1S/C27H29N3O5S/c1-4-34-26(32)24-18(2)29-27-30(20(17-36-27)16-23(31)28-13-14-33-3)25(24)19-9-8-12-22(15-19)35-21-10-6-5-7-11-21/h5-12,15,17,25H,4,13-14,16H2,1-3H3,(H,28,31). The van der Waals surface area contributed by atoms with Gasteiger partial charge in [-0.05, 0) is 49.1 Å². The Hall–Kier alpha value is -3.56. The van der Waals surface area contributed by atoms with E-state index in [1.165, 1.54) is 11.8 Å². The van der Waals surface area contributed by atoms with E-state index in [1.54, 1.807) is 14.0 Å². The van der Waals surface area contributed by atoms with Gasteiger partial charge in [0.2, 0.25) is 5.91 Å². The lowest BCUT2D eigenvalue weighted by Gasteiger charge is -2.36. The Morgan fingerprint density at radius 3 is 2.64 bits per heavy atom. The summed E-state index contributed by atoms with van der Waals surface area (Å²) in [4.78, 5) is 32.4. The number of hydrogen-bond acceptors (Lipinski definition) is 8. The summed E-state index contributed by atoms with van der Waals surface area (Å²) >= 11 is 1.43. The van der Waals surface area contributed by atoms with Crippen LogP contribution < -0.4 is 10.1 Å². The van der Waals surface area contributed by atoms with Gasteiger partial charge < -0.3 is 24.4 Å². The number of amidine groups is 1. The molecular formula is C27H29N3O5S. The van der Waals surface area contributed by atoms with Crippen LogP contribution in [-0.4, -0.2) is 48.8 Å². The number of carbonyl (C=O) groups is 2. The summed E-state index contributed by atoms with van der Waals surface area (Å²) < 4.78 is 16.5. The summed E-state index contributed by atoms with van der Waals surface area (Å²) in [5.41, 5.74) is 2.60. The number of thioether (sulfide) groups is 1. The molecule has 0 aliphatic carbocycles. The van der Waals surface area contributed by atoms with E-state index in [4.69, 9.17) is 14.2 Å². The Morgan fingerprint density at radius 2 is 1.89 bits per heavy atom. The van der Waals surface area contributed by atoms with Gasteiger partial charge in [-0.15, -0.1) is 0 Å². The Kier molecular flexibility index (Phi) is 8.45. The van der Waals surface area contributed by atoms with Gasteiger partial charge in [0.1, 0.15) is 11.5 Å². The maximum atomic E-state index is 13.1. The molecule has 4 rings (SSSR count). The smallest absolute Gasteiger partial charge is 0.338 e. The van der Waals surface area contributed by atoms with E-state index in [0.29, 0.717) is 41.1 Å². The zero-order valence-electron chi connectivity index (χ0n) is 20.5. The number of fused-ring (bicyclic) bond motifs is 1. The average molecular weight is 508 g/mol. The van der Waals surface area contributed by atoms with Crippen molar-refractivity contribution in [2.75, 3.05) is 26.9 Å². The fourth-order valence-electron chi connectivity index (χ4n) is 4.05. The number of carbonyl (C=O) groups excluding carboxylic acids is 2. The summed E-state index contributed by atoms with van der Waals surface area (Å²) in [6.45, 7) is 4.68. The van der Waals surface area contributed by atoms with Crippen LogP contribution in [0.4, 0.5) is 0 Å². The fraction of sp³-hybridized carbons (Fsp3) is 0.296. The summed E-state index contributed by atoms with van der Waals surface area (Å²) in [5.74, 6) is 0.781. The van der Waals surface area contributed by atoms with E-state index in [2.05, 4.69) is 10.3 Å². The first-order valence-electron chi connectivity index (χ1n) is 11.7. The van der Waals surface area contributed by atoms with E-state index in [0.717, 1.165) is 11.3 Å². The molecule has 1 unspecified atom stereocenters. The number of hydrogen-bond donors (Lipinski definition) is 1. The van der Waals surface area contributed by atoms with Crippen molar-refractivity contribution in [3.05, 3.63) is 82.5 Å². The number of para-hydroxylation sites is 1. The van der Waals surface area contributed by atoms with E-state index in [9.17, 15) is 9.59 Å². The van der Waals surface area contributed by atoms with Gasteiger partial charge in [0, 0.05) is 19.4 Å². The molecule has 2 aliphatic rings. The first-order chi connectivity index (χ1) is 17.5. The zero-order valence-corrected chi connectivity index (χ0v) is 21.3. The van der Waals surface area contributed by atoms with Crippen LogP contribution in [-0.2, 0) is 19.1 Å². The number of nitrogens with zero attached hydrogens (tertiary/aromatic N) is 2. The van der Waals surface area contributed by atoms with Gasteiger partial charge in [0.25, 0.3) is 0 Å². The zero-order chi connectivity index (χ0) is 25.5.